The Morgan fingerprint density at radius 2 is 1.67 bits per heavy atom. The summed E-state index contributed by atoms with van der Waals surface area (Å²) >= 11 is 0. The Balaban J connectivity index is 1.68. The van der Waals surface area contributed by atoms with Crippen LogP contribution < -0.4 is 5.32 Å². The molecule has 0 fully saturated rings. The molecule has 3 aromatic carbocycles. The van der Waals surface area contributed by atoms with E-state index in [1.165, 1.54) is 7.11 Å². The van der Waals surface area contributed by atoms with Crippen LogP contribution in [0.3, 0.4) is 0 Å². The van der Waals surface area contributed by atoms with Gasteiger partial charge in [0.2, 0.25) is 5.91 Å². The molecule has 0 aliphatic carbocycles. The van der Waals surface area contributed by atoms with E-state index in [-0.39, 0.29) is 19.1 Å². The molecule has 186 valence electrons. The highest BCUT2D eigenvalue weighted by Gasteiger charge is 2.36. The number of carbonyl (C=O) groups excluding carboxylic acids is 2. The highest BCUT2D eigenvalue weighted by molar-refractivity contribution is 6.24. The van der Waals surface area contributed by atoms with Crippen LogP contribution >= 0.6 is 0 Å². The van der Waals surface area contributed by atoms with Crippen LogP contribution in [0, 0.1) is 0 Å². The fraction of sp³-hybridized carbons (Fsp3) is 0.250. The number of methoxy groups -OCH3 is 1. The highest BCUT2D eigenvalue weighted by atomic mass is 16.5. The molecule has 8 nitrogen and oxygen atoms in total. The third kappa shape index (κ3) is 5.68. The minimum Gasteiger partial charge on any atom is -0.465 e. The van der Waals surface area contributed by atoms with Gasteiger partial charge in [-0.1, -0.05) is 48.5 Å². The van der Waals surface area contributed by atoms with Crippen molar-refractivity contribution in [2.24, 2.45) is 4.99 Å². The van der Waals surface area contributed by atoms with E-state index in [9.17, 15) is 19.8 Å². The number of nitrogens with one attached hydrogen (secondary N) is 1. The first-order valence-electron chi connectivity index (χ1n) is 11.7. The summed E-state index contributed by atoms with van der Waals surface area (Å²) in [6.07, 6.45) is 0. The maximum Gasteiger partial charge on any atom is 0.337 e. The second-order valence-electron chi connectivity index (χ2n) is 8.47. The van der Waals surface area contributed by atoms with Crippen LogP contribution in [0.2, 0.25) is 0 Å². The molecule has 0 spiro atoms. The van der Waals surface area contributed by atoms with Crippen molar-refractivity contribution in [3.63, 3.8) is 0 Å². The Bertz CT molecular complexity index is 1240. The molecule has 0 aromatic heterocycles. The van der Waals surface area contributed by atoms with E-state index in [4.69, 9.17) is 9.73 Å². The predicted molar refractivity (Wildman–Crippen MR) is 138 cm³/mol. The standard InChI is InChI=1S/C28H29N3O5/c1-36-28(35)21-9-12-23-24(17-21)30-27(34)25(23)26(20-5-3-2-4-6-20)29-22-10-7-19(8-11-22)18-31(13-15-32)14-16-33/h2-12,17,25,32-33H,13-16,18H2,1H3,(H,30,34). The number of benzene rings is 3. The molecule has 0 bridgehead atoms. The highest BCUT2D eigenvalue weighted by Crippen LogP contribution is 2.37. The van der Waals surface area contributed by atoms with Crippen LogP contribution in [0.25, 0.3) is 0 Å². The van der Waals surface area contributed by atoms with Crippen LogP contribution in [0.1, 0.15) is 33.0 Å². The molecule has 1 aliphatic rings. The first-order valence-corrected chi connectivity index (χ1v) is 11.7. The van der Waals surface area contributed by atoms with E-state index in [0.717, 1.165) is 16.7 Å². The van der Waals surface area contributed by atoms with Gasteiger partial charge in [-0.2, -0.15) is 0 Å². The van der Waals surface area contributed by atoms with Gasteiger partial charge in [0.05, 0.1) is 37.3 Å². The van der Waals surface area contributed by atoms with E-state index in [1.807, 2.05) is 59.5 Å². The Kier molecular flexibility index (Phi) is 8.22. The fourth-order valence-corrected chi connectivity index (χ4v) is 4.31. The number of nitrogens with zero attached hydrogens (tertiary/aromatic N) is 2. The molecule has 1 heterocycles. The minimum atomic E-state index is -0.640. The van der Waals surface area contributed by atoms with Crippen molar-refractivity contribution in [3.8, 4) is 0 Å². The fourth-order valence-electron chi connectivity index (χ4n) is 4.31. The topological polar surface area (TPSA) is 111 Å². The van der Waals surface area contributed by atoms with Crippen LogP contribution in [0.4, 0.5) is 11.4 Å². The van der Waals surface area contributed by atoms with Gasteiger partial charge in [-0.15, -0.1) is 0 Å². The number of hydrogen-bond donors (Lipinski definition) is 3. The normalized spacial score (nSPS) is 15.1. The van der Waals surface area contributed by atoms with Crippen LogP contribution in [0.15, 0.2) is 77.8 Å². The summed E-state index contributed by atoms with van der Waals surface area (Å²) < 4.78 is 4.80. The number of carbonyl (C=O) groups is 2. The van der Waals surface area contributed by atoms with Gasteiger partial charge in [0.25, 0.3) is 0 Å². The van der Waals surface area contributed by atoms with Crippen LogP contribution in [-0.2, 0) is 16.1 Å². The van der Waals surface area contributed by atoms with Gasteiger partial charge in [-0.25, -0.2) is 4.79 Å². The average molecular weight is 488 g/mol. The van der Waals surface area contributed by atoms with Gasteiger partial charge >= 0.3 is 5.97 Å². The van der Waals surface area contributed by atoms with Crippen molar-refractivity contribution in [1.29, 1.82) is 0 Å². The van der Waals surface area contributed by atoms with Gasteiger partial charge in [0, 0.05) is 25.3 Å². The average Bonchev–Trinajstić information content (AvgIpc) is 3.23. The maximum absolute atomic E-state index is 13.1. The number of ether oxygens (including phenoxy) is 1. The molecular weight excluding hydrogens is 458 g/mol. The summed E-state index contributed by atoms with van der Waals surface area (Å²) in [5, 5.41) is 21.4. The Labute approximate surface area is 209 Å². The van der Waals surface area contributed by atoms with Crippen molar-refractivity contribution in [1.82, 2.24) is 4.90 Å². The first-order chi connectivity index (χ1) is 17.5. The second-order valence-corrected chi connectivity index (χ2v) is 8.47. The largest absolute Gasteiger partial charge is 0.465 e. The Morgan fingerprint density at radius 1 is 0.972 bits per heavy atom. The van der Waals surface area contributed by atoms with Crippen molar-refractivity contribution in [2.75, 3.05) is 38.7 Å². The molecule has 8 heteroatoms. The predicted octanol–water partition coefficient (Wildman–Crippen LogP) is 3.12. The SMILES string of the molecule is COC(=O)c1ccc2c(c1)NC(=O)C2C(=Nc1ccc(CN(CCO)CCO)cc1)c1ccccc1. The first kappa shape index (κ1) is 25.2. The molecule has 1 unspecified atom stereocenters. The third-order valence-electron chi connectivity index (χ3n) is 6.07. The van der Waals surface area contributed by atoms with E-state index in [1.54, 1.807) is 18.2 Å². The maximum atomic E-state index is 13.1. The summed E-state index contributed by atoms with van der Waals surface area (Å²) in [6, 6.07) is 22.3. The number of anilines is 1. The lowest BCUT2D eigenvalue weighted by molar-refractivity contribution is -0.115. The molecule has 3 aromatic rings. The Morgan fingerprint density at radius 3 is 2.31 bits per heavy atom. The van der Waals surface area contributed by atoms with Crippen molar-refractivity contribution < 1.29 is 24.5 Å². The van der Waals surface area contributed by atoms with E-state index in [0.29, 0.717) is 42.3 Å². The number of rotatable bonds is 10. The minimum absolute atomic E-state index is 0.0227. The van der Waals surface area contributed by atoms with Crippen molar-refractivity contribution in [2.45, 2.75) is 12.5 Å². The number of fused-ring (bicyclic) bond motifs is 1. The van der Waals surface area contributed by atoms with Crippen molar-refractivity contribution >= 4 is 29.0 Å². The Hall–Kier alpha value is -3.85. The van der Waals surface area contributed by atoms with Gasteiger partial charge in [-0.05, 0) is 41.0 Å². The molecule has 4 rings (SSSR count). The number of hydrogen-bond acceptors (Lipinski definition) is 7. The van der Waals surface area contributed by atoms with Gasteiger partial charge in [-0.3, -0.25) is 14.7 Å². The molecule has 1 atom stereocenters. The third-order valence-corrected chi connectivity index (χ3v) is 6.07. The van der Waals surface area contributed by atoms with E-state index < -0.39 is 11.9 Å². The smallest absolute Gasteiger partial charge is 0.337 e. The zero-order chi connectivity index (χ0) is 25.5. The number of aliphatic hydroxyl groups is 2. The molecule has 1 amide bonds. The quantitative estimate of drug-likeness (QED) is 0.299. The molecule has 0 saturated heterocycles. The lowest BCUT2D eigenvalue weighted by Gasteiger charge is -2.20. The molecular formula is C28H29N3O5. The van der Waals surface area contributed by atoms with Gasteiger partial charge in [0.15, 0.2) is 0 Å². The number of amides is 1. The lowest BCUT2D eigenvalue weighted by atomic mass is 9.90. The molecule has 0 radical (unpaired) electrons. The van der Waals surface area contributed by atoms with Gasteiger partial charge in [0.1, 0.15) is 5.92 Å². The zero-order valence-corrected chi connectivity index (χ0v) is 20.1. The molecule has 3 N–H and O–H groups in total. The summed E-state index contributed by atoms with van der Waals surface area (Å²) in [7, 11) is 1.32. The van der Waals surface area contributed by atoms with Crippen LogP contribution in [0.5, 0.6) is 0 Å². The zero-order valence-electron chi connectivity index (χ0n) is 20.1. The van der Waals surface area contributed by atoms with E-state index >= 15 is 0 Å². The second kappa shape index (κ2) is 11.7. The number of aliphatic imine (C=N–C) groups is 1. The molecule has 36 heavy (non-hydrogen) atoms. The summed E-state index contributed by atoms with van der Waals surface area (Å²) in [4.78, 5) is 32.0. The molecule has 0 saturated carbocycles. The number of esters is 1. The summed E-state index contributed by atoms with van der Waals surface area (Å²) in [5.74, 6) is -1.32. The monoisotopic (exact) mass is 487 g/mol. The van der Waals surface area contributed by atoms with E-state index in [2.05, 4.69) is 5.32 Å². The summed E-state index contributed by atoms with van der Waals surface area (Å²) in [5.41, 5.74) is 4.83. The molecule has 1 aliphatic heterocycles. The van der Waals surface area contributed by atoms with Gasteiger partial charge < -0.3 is 20.3 Å². The number of aliphatic hydroxyl groups excluding tert-OH is 2. The summed E-state index contributed by atoms with van der Waals surface area (Å²) in [6.45, 7) is 1.60. The van der Waals surface area contributed by atoms with Crippen LogP contribution in [-0.4, -0.2) is 66.1 Å². The lowest BCUT2D eigenvalue weighted by Crippen LogP contribution is -2.29. The van der Waals surface area contributed by atoms with Crippen molar-refractivity contribution in [3.05, 3.63) is 95.1 Å².